The Morgan fingerprint density at radius 2 is 1.80 bits per heavy atom. The zero-order valence-corrected chi connectivity index (χ0v) is 16.4. The van der Waals surface area contributed by atoms with Crippen molar-refractivity contribution < 1.29 is 14.4 Å². The summed E-state index contributed by atoms with van der Waals surface area (Å²) in [5.74, 6) is 0.945. The number of nitrogens with one attached hydrogen (secondary N) is 2. The summed E-state index contributed by atoms with van der Waals surface area (Å²) in [4.78, 5) is 37.5. The highest BCUT2D eigenvalue weighted by atomic mass is 35.5. The highest BCUT2D eigenvalue weighted by molar-refractivity contribution is 6.30. The van der Waals surface area contributed by atoms with Crippen LogP contribution >= 0.6 is 11.6 Å². The molecule has 10 heteroatoms. The van der Waals surface area contributed by atoms with Crippen molar-refractivity contribution >= 4 is 29.4 Å². The van der Waals surface area contributed by atoms with Crippen molar-refractivity contribution in [1.82, 2.24) is 9.97 Å². The van der Waals surface area contributed by atoms with Gasteiger partial charge in [0.05, 0.1) is 12.0 Å². The largest absolute Gasteiger partial charge is 0.493 e. The number of hydrogen-bond acceptors (Lipinski definition) is 6. The molecule has 0 spiro atoms. The normalized spacial score (nSPS) is 10.9. The summed E-state index contributed by atoms with van der Waals surface area (Å²) >= 11 is 5.88. The Bertz CT molecular complexity index is 1210. The van der Waals surface area contributed by atoms with Crippen LogP contribution < -0.4 is 20.7 Å². The molecule has 0 aliphatic heterocycles. The van der Waals surface area contributed by atoms with Crippen LogP contribution in [-0.2, 0) is 6.61 Å². The van der Waals surface area contributed by atoms with Gasteiger partial charge in [-0.2, -0.15) is 0 Å². The number of benzene rings is 2. The van der Waals surface area contributed by atoms with Crippen molar-refractivity contribution in [1.29, 1.82) is 0 Å². The van der Waals surface area contributed by atoms with Gasteiger partial charge in [0, 0.05) is 5.02 Å². The minimum Gasteiger partial charge on any atom is -0.493 e. The average molecular weight is 430 g/mol. The van der Waals surface area contributed by atoms with Gasteiger partial charge in [-0.1, -0.05) is 35.9 Å². The standard InChI is InChI=1S/C20H16ClN3O6/c1-29-16-9-5-12(10-17(16)30-11-13-2-6-14(21)7-3-13)4-8-15-18(24(27)28)19(25)23-20(26)22-15/h2-10H,11H2,1H3,(H2,22,23,25,26)/b8-4+. The maximum absolute atomic E-state index is 11.7. The van der Waals surface area contributed by atoms with E-state index in [-0.39, 0.29) is 12.3 Å². The van der Waals surface area contributed by atoms with E-state index in [9.17, 15) is 19.7 Å². The molecule has 3 aromatic rings. The number of methoxy groups -OCH3 is 1. The third-order valence-electron chi connectivity index (χ3n) is 4.07. The van der Waals surface area contributed by atoms with E-state index in [4.69, 9.17) is 21.1 Å². The Balaban J connectivity index is 1.88. The fraction of sp³-hybridized carbons (Fsp3) is 0.100. The second-order valence-corrected chi connectivity index (χ2v) is 6.52. The molecular weight excluding hydrogens is 414 g/mol. The number of aromatic amines is 2. The number of nitro groups is 1. The van der Waals surface area contributed by atoms with E-state index in [1.54, 1.807) is 30.3 Å². The Kier molecular flexibility index (Phi) is 6.33. The van der Waals surface area contributed by atoms with Gasteiger partial charge in [-0.15, -0.1) is 0 Å². The highest BCUT2D eigenvalue weighted by Gasteiger charge is 2.18. The first-order valence-corrected chi connectivity index (χ1v) is 8.99. The van der Waals surface area contributed by atoms with Crippen LogP contribution in [0, 0.1) is 10.1 Å². The second kappa shape index (κ2) is 9.10. The van der Waals surface area contributed by atoms with Crippen molar-refractivity contribution in [2.75, 3.05) is 7.11 Å². The smallest absolute Gasteiger partial charge is 0.357 e. The van der Waals surface area contributed by atoms with Crippen molar-refractivity contribution in [3.8, 4) is 11.5 Å². The number of aromatic nitrogens is 2. The molecule has 1 heterocycles. The van der Waals surface area contributed by atoms with E-state index in [2.05, 4.69) is 4.98 Å². The molecule has 154 valence electrons. The summed E-state index contributed by atoms with van der Waals surface area (Å²) in [7, 11) is 1.50. The van der Waals surface area contributed by atoms with Crippen LogP contribution in [-0.4, -0.2) is 22.0 Å². The van der Waals surface area contributed by atoms with Gasteiger partial charge in [0.15, 0.2) is 11.5 Å². The zero-order valence-electron chi connectivity index (χ0n) is 15.7. The van der Waals surface area contributed by atoms with Gasteiger partial charge >= 0.3 is 16.9 Å². The third kappa shape index (κ3) is 4.95. The zero-order chi connectivity index (χ0) is 21.7. The molecule has 3 rings (SSSR count). The first kappa shape index (κ1) is 20.9. The molecule has 9 nitrogen and oxygen atoms in total. The van der Waals surface area contributed by atoms with E-state index >= 15 is 0 Å². The van der Waals surface area contributed by atoms with Gasteiger partial charge in [0.25, 0.3) is 0 Å². The van der Waals surface area contributed by atoms with Gasteiger partial charge in [-0.3, -0.25) is 19.9 Å². The topological polar surface area (TPSA) is 127 Å². The summed E-state index contributed by atoms with van der Waals surface area (Å²) in [6.07, 6.45) is 2.78. The summed E-state index contributed by atoms with van der Waals surface area (Å²) in [6, 6.07) is 12.2. The van der Waals surface area contributed by atoms with Crippen LogP contribution in [0.3, 0.4) is 0 Å². The molecule has 0 unspecified atom stereocenters. The fourth-order valence-electron chi connectivity index (χ4n) is 2.63. The Morgan fingerprint density at radius 3 is 2.47 bits per heavy atom. The van der Waals surface area contributed by atoms with E-state index in [0.29, 0.717) is 22.1 Å². The number of hydrogen-bond donors (Lipinski definition) is 2. The maximum Gasteiger partial charge on any atom is 0.357 e. The number of ether oxygens (including phenoxy) is 2. The van der Waals surface area contributed by atoms with Crippen molar-refractivity contribution in [3.63, 3.8) is 0 Å². The van der Waals surface area contributed by atoms with Crippen molar-refractivity contribution in [2.45, 2.75) is 6.61 Å². The maximum atomic E-state index is 11.7. The van der Waals surface area contributed by atoms with Gasteiger partial charge < -0.3 is 14.5 Å². The van der Waals surface area contributed by atoms with E-state index < -0.39 is 21.9 Å². The lowest BCUT2D eigenvalue weighted by Gasteiger charge is -2.11. The average Bonchev–Trinajstić information content (AvgIpc) is 2.71. The SMILES string of the molecule is COc1ccc(/C=C/c2[nH]c(=O)[nH]c(=O)c2[N+](=O)[O-])cc1OCc1ccc(Cl)cc1. The summed E-state index contributed by atoms with van der Waals surface area (Å²) in [5, 5.41) is 11.7. The molecule has 0 radical (unpaired) electrons. The van der Waals surface area contributed by atoms with Crippen LogP contribution in [0.1, 0.15) is 16.8 Å². The lowest BCUT2D eigenvalue weighted by molar-refractivity contribution is -0.386. The summed E-state index contributed by atoms with van der Waals surface area (Å²) in [5.41, 5.74) is -1.37. The monoisotopic (exact) mass is 429 g/mol. The van der Waals surface area contributed by atoms with E-state index in [0.717, 1.165) is 5.56 Å². The molecule has 0 fully saturated rings. The number of H-pyrrole nitrogens is 2. The molecule has 0 saturated carbocycles. The highest BCUT2D eigenvalue weighted by Crippen LogP contribution is 2.30. The molecule has 2 aromatic carbocycles. The molecular formula is C20H16ClN3O6. The number of nitrogens with zero attached hydrogens (tertiary/aromatic N) is 1. The quantitative estimate of drug-likeness (QED) is 0.437. The molecule has 0 aliphatic rings. The first-order chi connectivity index (χ1) is 14.4. The fourth-order valence-corrected chi connectivity index (χ4v) is 2.76. The van der Waals surface area contributed by atoms with E-state index in [1.165, 1.54) is 19.3 Å². The van der Waals surface area contributed by atoms with Crippen LogP contribution in [0.4, 0.5) is 5.69 Å². The van der Waals surface area contributed by atoms with Gasteiger partial charge in [-0.25, -0.2) is 4.79 Å². The molecule has 0 aliphatic carbocycles. The number of halogens is 1. The number of rotatable bonds is 7. The third-order valence-corrected chi connectivity index (χ3v) is 4.32. The molecule has 0 amide bonds. The van der Waals surface area contributed by atoms with Crippen LogP contribution in [0.15, 0.2) is 52.1 Å². The van der Waals surface area contributed by atoms with Crippen molar-refractivity contribution in [2.24, 2.45) is 0 Å². The van der Waals surface area contributed by atoms with Crippen molar-refractivity contribution in [3.05, 3.63) is 95.3 Å². The first-order valence-electron chi connectivity index (χ1n) is 8.61. The van der Waals surface area contributed by atoms with Gasteiger partial charge in [0.2, 0.25) is 0 Å². The minimum atomic E-state index is -1.08. The van der Waals surface area contributed by atoms with Crippen LogP contribution in [0.25, 0.3) is 12.2 Å². The lowest BCUT2D eigenvalue weighted by atomic mass is 10.1. The minimum absolute atomic E-state index is 0.215. The predicted molar refractivity (Wildman–Crippen MR) is 112 cm³/mol. The van der Waals surface area contributed by atoms with E-state index in [1.807, 2.05) is 17.1 Å². The Labute approximate surface area is 174 Å². The Hall–Kier alpha value is -3.85. The summed E-state index contributed by atoms with van der Waals surface area (Å²) < 4.78 is 11.1. The molecule has 0 saturated heterocycles. The van der Waals surface area contributed by atoms with Crippen LogP contribution in [0.2, 0.25) is 5.02 Å². The predicted octanol–water partition coefficient (Wildman–Crippen LogP) is 3.38. The van der Waals surface area contributed by atoms with Gasteiger partial charge in [-0.05, 0) is 41.5 Å². The molecule has 1 aromatic heterocycles. The Morgan fingerprint density at radius 1 is 1.07 bits per heavy atom. The molecule has 2 N–H and O–H groups in total. The lowest BCUT2D eigenvalue weighted by Crippen LogP contribution is -2.25. The van der Waals surface area contributed by atoms with Crippen LogP contribution in [0.5, 0.6) is 11.5 Å². The second-order valence-electron chi connectivity index (χ2n) is 6.09. The molecule has 0 bridgehead atoms. The molecule has 30 heavy (non-hydrogen) atoms. The van der Waals surface area contributed by atoms with Gasteiger partial charge in [0.1, 0.15) is 12.3 Å². The molecule has 0 atom stereocenters. The summed E-state index contributed by atoms with van der Waals surface area (Å²) in [6.45, 7) is 0.271.